The Balaban J connectivity index is 0.000000640. The van der Waals surface area contributed by atoms with Crippen molar-refractivity contribution in [1.29, 1.82) is 0 Å². The van der Waals surface area contributed by atoms with E-state index in [9.17, 15) is 4.79 Å². The lowest BCUT2D eigenvalue weighted by atomic mass is 10.1. The first-order valence-corrected chi connectivity index (χ1v) is 2.88. The monoisotopic (exact) mass is 170 g/mol. The molecule has 0 saturated heterocycles. The van der Waals surface area contributed by atoms with Crippen LogP contribution < -0.4 is 0 Å². The van der Waals surface area contributed by atoms with E-state index < -0.39 is 11.4 Å². The summed E-state index contributed by atoms with van der Waals surface area (Å²) in [5, 5.41) is 8.26. The van der Waals surface area contributed by atoms with E-state index >= 15 is 0 Å². The zero-order valence-corrected chi connectivity index (χ0v) is 6.50. The molecule has 1 saturated carbocycles. The number of hydrogen-bond acceptors (Lipinski definition) is 1. The van der Waals surface area contributed by atoms with E-state index in [-0.39, 0.29) is 17.8 Å². The van der Waals surface area contributed by atoms with E-state index in [2.05, 4.69) is 0 Å². The molecule has 1 N–H and O–H groups in total. The van der Waals surface area contributed by atoms with Crippen molar-refractivity contribution in [3.8, 4) is 0 Å². The number of hydrogen-bond donors (Lipinski definition) is 1. The van der Waals surface area contributed by atoms with Gasteiger partial charge < -0.3 is 5.11 Å². The van der Waals surface area contributed by atoms with Crippen molar-refractivity contribution in [3.05, 3.63) is 0 Å². The predicted molar refractivity (Wildman–Crippen MR) is 37.2 cm³/mol. The first kappa shape index (κ1) is 9.05. The maximum atomic E-state index is 10.2. The van der Waals surface area contributed by atoms with Gasteiger partial charge in [-0.1, -0.05) is 0 Å². The molecule has 2 nitrogen and oxygen atoms in total. The lowest BCUT2D eigenvalue weighted by molar-refractivity contribution is -0.142. The average Bonchev–Trinajstić information content (AvgIpc) is 2.17. The lowest BCUT2D eigenvalue weighted by Crippen LogP contribution is -2.12. The molecule has 54 valence electrons. The van der Waals surface area contributed by atoms with Crippen LogP contribution in [0.1, 0.15) is 13.3 Å². The van der Waals surface area contributed by atoms with E-state index in [1.807, 2.05) is 0 Å². The fourth-order valence-corrected chi connectivity index (χ4v) is 0.949. The summed E-state index contributed by atoms with van der Waals surface area (Å²) < 4.78 is 0. The van der Waals surface area contributed by atoms with E-state index in [1.54, 1.807) is 6.92 Å². The van der Waals surface area contributed by atoms with Crippen molar-refractivity contribution in [3.63, 3.8) is 0 Å². The SMILES string of the molecule is CC1(C(=O)O)CC1Cl.Cl. The van der Waals surface area contributed by atoms with Crippen LogP contribution >= 0.6 is 24.0 Å². The summed E-state index contributed by atoms with van der Waals surface area (Å²) in [5.74, 6) is -0.780. The highest BCUT2D eigenvalue weighted by molar-refractivity contribution is 6.25. The van der Waals surface area contributed by atoms with Gasteiger partial charge in [-0.05, 0) is 13.3 Å². The molecule has 1 aliphatic carbocycles. The molecule has 0 amide bonds. The van der Waals surface area contributed by atoms with Crippen molar-refractivity contribution in [1.82, 2.24) is 0 Å². The Hall–Kier alpha value is 0.0500. The molecule has 1 fully saturated rings. The van der Waals surface area contributed by atoms with Crippen molar-refractivity contribution in [2.75, 3.05) is 0 Å². The summed E-state index contributed by atoms with van der Waals surface area (Å²) >= 11 is 5.51. The first-order chi connectivity index (χ1) is 3.57. The van der Waals surface area contributed by atoms with Gasteiger partial charge in [0.1, 0.15) is 0 Å². The minimum atomic E-state index is -0.780. The van der Waals surface area contributed by atoms with Gasteiger partial charge in [-0.2, -0.15) is 0 Å². The highest BCUT2D eigenvalue weighted by atomic mass is 35.5. The lowest BCUT2D eigenvalue weighted by Gasteiger charge is -1.96. The number of carbonyl (C=O) groups is 1. The van der Waals surface area contributed by atoms with Gasteiger partial charge >= 0.3 is 5.97 Å². The van der Waals surface area contributed by atoms with Crippen LogP contribution in [0.2, 0.25) is 0 Å². The van der Waals surface area contributed by atoms with E-state index in [1.165, 1.54) is 0 Å². The van der Waals surface area contributed by atoms with Gasteiger partial charge in [0.05, 0.1) is 10.8 Å². The molecule has 0 radical (unpaired) electrons. The van der Waals surface area contributed by atoms with Crippen molar-refractivity contribution < 1.29 is 9.90 Å². The maximum Gasteiger partial charge on any atom is 0.310 e. The van der Waals surface area contributed by atoms with Gasteiger partial charge in [0.25, 0.3) is 0 Å². The quantitative estimate of drug-likeness (QED) is 0.607. The Morgan fingerprint density at radius 1 is 1.89 bits per heavy atom. The number of aliphatic carboxylic acids is 1. The summed E-state index contributed by atoms with van der Waals surface area (Å²) in [6, 6.07) is 0. The van der Waals surface area contributed by atoms with Crippen molar-refractivity contribution >= 4 is 30.0 Å². The number of carboxylic acid groups (broad SMARTS) is 1. The van der Waals surface area contributed by atoms with Crippen LogP contribution in [0.25, 0.3) is 0 Å². The minimum Gasteiger partial charge on any atom is -0.481 e. The molecule has 2 atom stereocenters. The smallest absolute Gasteiger partial charge is 0.310 e. The van der Waals surface area contributed by atoms with Crippen LogP contribution in [0.4, 0.5) is 0 Å². The van der Waals surface area contributed by atoms with Crippen LogP contribution in [-0.2, 0) is 4.79 Å². The van der Waals surface area contributed by atoms with Crippen LogP contribution in [-0.4, -0.2) is 16.5 Å². The number of carboxylic acids is 1. The molecule has 4 heteroatoms. The minimum absolute atomic E-state index is 0. The molecule has 0 bridgehead atoms. The van der Waals surface area contributed by atoms with E-state index in [0.29, 0.717) is 6.42 Å². The molecule has 0 heterocycles. The molecule has 1 rings (SSSR count). The molecule has 0 aliphatic heterocycles. The Morgan fingerprint density at radius 2 is 2.22 bits per heavy atom. The molecular formula is C5H8Cl2O2. The third-order valence-electron chi connectivity index (χ3n) is 1.62. The highest BCUT2D eigenvalue weighted by Crippen LogP contribution is 2.49. The summed E-state index contributed by atoms with van der Waals surface area (Å²) in [6.07, 6.45) is 0.615. The molecule has 9 heavy (non-hydrogen) atoms. The molecule has 0 spiro atoms. The maximum absolute atomic E-state index is 10.2. The summed E-state index contributed by atoms with van der Waals surface area (Å²) in [4.78, 5) is 10.2. The Kier molecular flexibility index (Phi) is 2.36. The molecular weight excluding hydrogens is 163 g/mol. The van der Waals surface area contributed by atoms with Gasteiger partial charge in [0.15, 0.2) is 0 Å². The van der Waals surface area contributed by atoms with E-state index in [4.69, 9.17) is 16.7 Å². The fraction of sp³-hybridized carbons (Fsp3) is 0.800. The van der Waals surface area contributed by atoms with Gasteiger partial charge in [0, 0.05) is 0 Å². The Labute approximate surface area is 64.6 Å². The topological polar surface area (TPSA) is 37.3 Å². The largest absolute Gasteiger partial charge is 0.481 e. The Morgan fingerprint density at radius 3 is 2.22 bits per heavy atom. The van der Waals surface area contributed by atoms with Gasteiger partial charge in [-0.25, -0.2) is 0 Å². The second kappa shape index (κ2) is 2.35. The van der Waals surface area contributed by atoms with Crippen molar-refractivity contribution in [2.45, 2.75) is 18.7 Å². The summed E-state index contributed by atoms with van der Waals surface area (Å²) in [6.45, 7) is 1.66. The average molecular weight is 171 g/mol. The first-order valence-electron chi connectivity index (χ1n) is 2.45. The zero-order valence-electron chi connectivity index (χ0n) is 4.93. The van der Waals surface area contributed by atoms with Crippen LogP contribution in [0, 0.1) is 5.41 Å². The van der Waals surface area contributed by atoms with Gasteiger partial charge in [0.2, 0.25) is 0 Å². The third-order valence-corrected chi connectivity index (χ3v) is 2.26. The molecule has 2 unspecified atom stereocenters. The van der Waals surface area contributed by atoms with E-state index in [0.717, 1.165) is 0 Å². The predicted octanol–water partition coefficient (Wildman–Crippen LogP) is 1.51. The molecule has 1 aliphatic rings. The number of rotatable bonds is 1. The Bertz CT molecular complexity index is 137. The van der Waals surface area contributed by atoms with Crippen LogP contribution in [0.3, 0.4) is 0 Å². The standard InChI is InChI=1S/C5H7ClO2.ClH/c1-5(4(7)8)2-3(5)6;/h3H,2H2,1H3,(H,7,8);1H. The zero-order chi connectivity index (χ0) is 6.36. The van der Waals surface area contributed by atoms with Crippen LogP contribution in [0.15, 0.2) is 0 Å². The number of alkyl halides is 1. The molecule has 0 aromatic heterocycles. The van der Waals surface area contributed by atoms with Gasteiger partial charge in [-0.3, -0.25) is 4.79 Å². The van der Waals surface area contributed by atoms with Crippen molar-refractivity contribution in [2.24, 2.45) is 5.41 Å². The summed E-state index contributed by atoms with van der Waals surface area (Å²) in [5.41, 5.74) is -0.610. The fourth-order valence-electron chi connectivity index (χ4n) is 0.535. The second-order valence-corrected chi connectivity index (χ2v) is 2.92. The molecule has 0 aromatic carbocycles. The molecule has 0 aromatic rings. The second-order valence-electron chi connectivity index (χ2n) is 2.39. The third kappa shape index (κ3) is 1.30. The number of halogens is 2. The summed E-state index contributed by atoms with van der Waals surface area (Å²) in [7, 11) is 0. The van der Waals surface area contributed by atoms with Crippen LogP contribution in [0.5, 0.6) is 0 Å². The highest BCUT2D eigenvalue weighted by Gasteiger charge is 2.55. The normalized spacial score (nSPS) is 39.1. The van der Waals surface area contributed by atoms with Gasteiger partial charge in [-0.15, -0.1) is 24.0 Å².